The Kier molecular flexibility index (Phi) is 7.07. The first-order valence-corrected chi connectivity index (χ1v) is 10.5. The van der Waals surface area contributed by atoms with E-state index in [0.29, 0.717) is 37.2 Å². The van der Waals surface area contributed by atoms with Gasteiger partial charge in [-0.3, -0.25) is 9.59 Å². The number of aryl methyl sites for hydroxylation is 1. The first-order valence-electron chi connectivity index (χ1n) is 10.5. The summed E-state index contributed by atoms with van der Waals surface area (Å²) in [5, 5.41) is 3.62. The Balaban J connectivity index is 1.98. The minimum absolute atomic E-state index is 0.323. The Labute approximate surface area is 168 Å². The standard InChI is InChI=1S/C24H32N2O2/c1-18-9-8-12-21-22-17-20(28)13-14-23(22)25-15-6-3-4-10-19(27)11-5-7-16-26(2)24(18)21/h5,7-9,12,25H,3-4,6,10-11,13-17H2,1-2H3. The Morgan fingerprint density at radius 1 is 0.964 bits per heavy atom. The lowest BCUT2D eigenvalue weighted by Crippen LogP contribution is -2.24. The zero-order valence-electron chi connectivity index (χ0n) is 17.2. The average molecular weight is 381 g/mol. The quantitative estimate of drug-likeness (QED) is 0.670. The largest absolute Gasteiger partial charge is 0.388 e. The number of rotatable bonds is 0. The molecule has 1 aliphatic heterocycles. The molecule has 4 heteroatoms. The van der Waals surface area contributed by atoms with Crippen molar-refractivity contribution in [2.75, 3.05) is 25.0 Å². The average Bonchev–Trinajstić information content (AvgIpc) is 2.67. The van der Waals surface area contributed by atoms with Gasteiger partial charge in [-0.1, -0.05) is 36.8 Å². The maximum absolute atomic E-state index is 12.3. The molecule has 0 atom stereocenters. The number of benzene rings is 1. The van der Waals surface area contributed by atoms with Gasteiger partial charge in [0.25, 0.3) is 0 Å². The molecule has 0 spiro atoms. The number of likely N-dealkylation sites (N-methyl/N-ethyl adjacent to an activating group) is 1. The summed E-state index contributed by atoms with van der Waals surface area (Å²) < 4.78 is 0. The third-order valence-electron chi connectivity index (χ3n) is 5.70. The monoisotopic (exact) mass is 380 g/mol. The second-order valence-electron chi connectivity index (χ2n) is 7.98. The van der Waals surface area contributed by atoms with Crippen LogP contribution in [0, 0.1) is 6.92 Å². The molecular formula is C24H32N2O2. The minimum Gasteiger partial charge on any atom is -0.388 e. The smallest absolute Gasteiger partial charge is 0.137 e. The lowest BCUT2D eigenvalue weighted by Gasteiger charge is -2.28. The van der Waals surface area contributed by atoms with E-state index in [1.807, 2.05) is 6.08 Å². The molecule has 0 radical (unpaired) electrons. The van der Waals surface area contributed by atoms with Crippen LogP contribution in [0.1, 0.15) is 62.5 Å². The van der Waals surface area contributed by atoms with Crippen molar-refractivity contribution in [3.8, 4) is 0 Å². The summed E-state index contributed by atoms with van der Waals surface area (Å²) >= 11 is 0. The second kappa shape index (κ2) is 9.72. The molecule has 3 rings (SSSR count). The predicted molar refractivity (Wildman–Crippen MR) is 115 cm³/mol. The Morgan fingerprint density at radius 3 is 2.68 bits per heavy atom. The molecule has 1 aromatic rings. The number of Topliss-reactive ketones (excluding diaryl/α,β-unsaturated/α-hetero) is 2. The molecule has 0 aromatic heterocycles. The number of anilines is 1. The van der Waals surface area contributed by atoms with Crippen LogP contribution in [0.5, 0.6) is 0 Å². The van der Waals surface area contributed by atoms with Gasteiger partial charge in [-0.15, -0.1) is 0 Å². The number of nitrogens with one attached hydrogen (secondary N) is 1. The molecule has 1 aliphatic carbocycles. The van der Waals surface area contributed by atoms with Crippen molar-refractivity contribution in [1.29, 1.82) is 0 Å². The van der Waals surface area contributed by atoms with Gasteiger partial charge in [0.05, 0.1) is 0 Å². The zero-order valence-corrected chi connectivity index (χ0v) is 17.2. The normalized spacial score (nSPS) is 19.9. The van der Waals surface area contributed by atoms with Gasteiger partial charge in [-0.25, -0.2) is 0 Å². The van der Waals surface area contributed by atoms with Gasteiger partial charge in [0, 0.05) is 62.8 Å². The fourth-order valence-corrected chi connectivity index (χ4v) is 4.17. The van der Waals surface area contributed by atoms with Crippen molar-refractivity contribution in [1.82, 2.24) is 5.32 Å². The first-order chi connectivity index (χ1) is 13.6. The van der Waals surface area contributed by atoms with E-state index in [9.17, 15) is 9.59 Å². The van der Waals surface area contributed by atoms with Crippen molar-refractivity contribution in [3.63, 3.8) is 0 Å². The van der Waals surface area contributed by atoms with Gasteiger partial charge >= 0.3 is 0 Å². The highest BCUT2D eigenvalue weighted by atomic mass is 16.1. The fraction of sp³-hybridized carbons (Fsp3) is 0.500. The molecule has 150 valence electrons. The van der Waals surface area contributed by atoms with Gasteiger partial charge in [0.15, 0.2) is 0 Å². The number of ketones is 2. The molecule has 0 saturated heterocycles. The molecule has 4 nitrogen and oxygen atoms in total. The number of nitrogens with zero attached hydrogens (tertiary/aromatic N) is 1. The van der Waals surface area contributed by atoms with E-state index in [1.165, 1.54) is 16.9 Å². The van der Waals surface area contributed by atoms with Crippen LogP contribution in [0.4, 0.5) is 5.69 Å². The van der Waals surface area contributed by atoms with Crippen LogP contribution < -0.4 is 10.2 Å². The van der Waals surface area contributed by atoms with Crippen molar-refractivity contribution >= 4 is 22.8 Å². The molecule has 28 heavy (non-hydrogen) atoms. The summed E-state index contributed by atoms with van der Waals surface area (Å²) in [5.41, 5.74) is 5.92. The van der Waals surface area contributed by atoms with Gasteiger partial charge in [0.2, 0.25) is 0 Å². The van der Waals surface area contributed by atoms with E-state index < -0.39 is 0 Å². The Hall–Kier alpha value is -2.36. The molecule has 1 heterocycles. The third-order valence-corrected chi connectivity index (χ3v) is 5.70. The SMILES string of the molecule is Cc1cccc2c1N(C)CC=CCC(=O)CCCCCNC1=C2CC(=O)CC1. The number of fused-ring (bicyclic) bond motifs is 2. The van der Waals surface area contributed by atoms with Crippen molar-refractivity contribution in [2.45, 2.75) is 58.3 Å². The van der Waals surface area contributed by atoms with Crippen molar-refractivity contribution in [2.24, 2.45) is 0 Å². The predicted octanol–water partition coefficient (Wildman–Crippen LogP) is 4.57. The highest BCUT2D eigenvalue weighted by molar-refractivity contribution is 5.96. The summed E-state index contributed by atoms with van der Waals surface area (Å²) in [6, 6.07) is 6.35. The van der Waals surface area contributed by atoms with Crippen LogP contribution in [0.15, 0.2) is 36.0 Å². The molecule has 1 aromatic carbocycles. The Bertz CT molecular complexity index is 792. The number of hydrogen-bond donors (Lipinski definition) is 1. The molecule has 0 unspecified atom stereocenters. The van der Waals surface area contributed by atoms with Crippen LogP contribution in [0.25, 0.3) is 5.57 Å². The van der Waals surface area contributed by atoms with Gasteiger partial charge in [0.1, 0.15) is 11.6 Å². The van der Waals surface area contributed by atoms with Gasteiger partial charge < -0.3 is 10.2 Å². The topological polar surface area (TPSA) is 49.4 Å². The van der Waals surface area contributed by atoms with E-state index in [1.54, 1.807) is 0 Å². The van der Waals surface area contributed by atoms with Crippen LogP contribution in [0.3, 0.4) is 0 Å². The molecule has 0 bridgehead atoms. The molecular weight excluding hydrogens is 348 g/mol. The minimum atomic E-state index is 0.323. The summed E-state index contributed by atoms with van der Waals surface area (Å²) in [7, 11) is 2.08. The van der Waals surface area contributed by atoms with Crippen LogP contribution in [-0.2, 0) is 9.59 Å². The number of carbonyl (C=O) groups is 2. The van der Waals surface area contributed by atoms with E-state index in [2.05, 4.69) is 48.5 Å². The van der Waals surface area contributed by atoms with E-state index >= 15 is 0 Å². The maximum atomic E-state index is 12.3. The number of carbonyl (C=O) groups excluding carboxylic acids is 2. The van der Waals surface area contributed by atoms with Crippen LogP contribution in [0.2, 0.25) is 0 Å². The summed E-state index contributed by atoms with van der Waals surface area (Å²) in [6.07, 6.45) is 10.3. The molecule has 1 N–H and O–H groups in total. The summed E-state index contributed by atoms with van der Waals surface area (Å²) in [5.74, 6) is 0.648. The highest BCUT2D eigenvalue weighted by Crippen LogP contribution is 2.36. The fourth-order valence-electron chi connectivity index (χ4n) is 4.17. The first kappa shape index (κ1) is 20.4. The van der Waals surface area contributed by atoms with Crippen LogP contribution in [-0.4, -0.2) is 31.7 Å². The van der Waals surface area contributed by atoms with Crippen molar-refractivity contribution < 1.29 is 9.59 Å². The summed E-state index contributed by atoms with van der Waals surface area (Å²) in [6.45, 7) is 3.77. The summed E-state index contributed by atoms with van der Waals surface area (Å²) in [4.78, 5) is 26.5. The number of hydrogen-bond acceptors (Lipinski definition) is 4. The second-order valence-corrected chi connectivity index (χ2v) is 7.98. The number of para-hydroxylation sites is 1. The number of allylic oxidation sites excluding steroid dienone is 3. The van der Waals surface area contributed by atoms with Crippen LogP contribution >= 0.6 is 0 Å². The van der Waals surface area contributed by atoms with E-state index in [-0.39, 0.29) is 0 Å². The lowest BCUT2D eigenvalue weighted by molar-refractivity contribution is -0.119. The zero-order chi connectivity index (χ0) is 19.9. The molecule has 2 aliphatic rings. The highest BCUT2D eigenvalue weighted by Gasteiger charge is 2.23. The van der Waals surface area contributed by atoms with E-state index in [0.717, 1.165) is 49.9 Å². The Morgan fingerprint density at radius 2 is 1.82 bits per heavy atom. The lowest BCUT2D eigenvalue weighted by atomic mass is 9.88. The third kappa shape index (κ3) is 5.12. The molecule has 0 fully saturated rings. The van der Waals surface area contributed by atoms with Gasteiger partial charge in [-0.2, -0.15) is 0 Å². The molecule has 0 saturated carbocycles. The van der Waals surface area contributed by atoms with Gasteiger partial charge in [-0.05, 0) is 37.3 Å². The molecule has 0 amide bonds. The maximum Gasteiger partial charge on any atom is 0.137 e. The van der Waals surface area contributed by atoms with E-state index in [4.69, 9.17) is 0 Å². The van der Waals surface area contributed by atoms with Crippen molar-refractivity contribution in [3.05, 3.63) is 47.2 Å².